The molecular formula is C15H22N2O2. The van der Waals surface area contributed by atoms with E-state index in [9.17, 15) is 9.90 Å². The van der Waals surface area contributed by atoms with Crippen LogP contribution in [0, 0.1) is 6.92 Å². The summed E-state index contributed by atoms with van der Waals surface area (Å²) in [6.45, 7) is 2.87. The molecule has 4 heteroatoms. The molecule has 1 aliphatic carbocycles. The van der Waals surface area contributed by atoms with Crippen molar-refractivity contribution in [1.29, 1.82) is 0 Å². The first-order chi connectivity index (χ1) is 9.13. The predicted molar refractivity (Wildman–Crippen MR) is 75.2 cm³/mol. The number of phenols is 1. The molecule has 1 aromatic carbocycles. The average molecular weight is 262 g/mol. The van der Waals surface area contributed by atoms with E-state index in [1.807, 2.05) is 11.8 Å². The summed E-state index contributed by atoms with van der Waals surface area (Å²) in [6, 6.07) is 5.41. The summed E-state index contributed by atoms with van der Waals surface area (Å²) in [5.74, 6) is 0.151. The summed E-state index contributed by atoms with van der Waals surface area (Å²) in [7, 11) is 0. The third-order valence-corrected chi connectivity index (χ3v) is 3.85. The van der Waals surface area contributed by atoms with E-state index >= 15 is 0 Å². The lowest BCUT2D eigenvalue weighted by atomic mass is 10.1. The van der Waals surface area contributed by atoms with Crippen LogP contribution in [-0.4, -0.2) is 35.0 Å². The molecule has 4 nitrogen and oxygen atoms in total. The minimum Gasteiger partial charge on any atom is -0.508 e. The standard InChI is InChI=1S/C15H22N2O2/c1-11-6-7-12(10-14(11)18)15(19)17(9-8-16)13-4-2-3-5-13/h6-7,10,13,18H,2-5,8-9,16H2,1H3. The fraction of sp³-hybridized carbons (Fsp3) is 0.533. The Morgan fingerprint density at radius 3 is 2.68 bits per heavy atom. The number of carbonyl (C=O) groups excluding carboxylic acids is 1. The van der Waals surface area contributed by atoms with Crippen LogP contribution in [0.4, 0.5) is 0 Å². The lowest BCUT2D eigenvalue weighted by Crippen LogP contribution is -2.41. The fourth-order valence-corrected chi connectivity index (χ4v) is 2.71. The SMILES string of the molecule is Cc1ccc(C(=O)N(CCN)C2CCCC2)cc1O. The number of nitrogens with zero attached hydrogens (tertiary/aromatic N) is 1. The molecule has 3 N–H and O–H groups in total. The second kappa shape index (κ2) is 6.06. The molecule has 0 bridgehead atoms. The first-order valence-electron chi connectivity index (χ1n) is 6.94. The third kappa shape index (κ3) is 3.07. The van der Waals surface area contributed by atoms with Crippen molar-refractivity contribution in [3.05, 3.63) is 29.3 Å². The molecule has 0 aromatic heterocycles. The summed E-state index contributed by atoms with van der Waals surface area (Å²) in [6.07, 6.45) is 4.48. The van der Waals surface area contributed by atoms with Crippen LogP contribution in [0.3, 0.4) is 0 Å². The number of phenolic OH excluding ortho intramolecular Hbond substituents is 1. The Morgan fingerprint density at radius 1 is 1.42 bits per heavy atom. The molecule has 0 aliphatic heterocycles. The van der Waals surface area contributed by atoms with Crippen LogP contribution in [0.5, 0.6) is 5.75 Å². The highest BCUT2D eigenvalue weighted by Crippen LogP contribution is 2.26. The maximum absolute atomic E-state index is 12.5. The van der Waals surface area contributed by atoms with E-state index in [0.717, 1.165) is 18.4 Å². The average Bonchev–Trinajstić information content (AvgIpc) is 2.92. The molecule has 0 saturated heterocycles. The third-order valence-electron chi connectivity index (χ3n) is 3.85. The van der Waals surface area contributed by atoms with Crippen LogP contribution >= 0.6 is 0 Å². The van der Waals surface area contributed by atoms with Crippen LogP contribution in [-0.2, 0) is 0 Å². The van der Waals surface area contributed by atoms with E-state index < -0.39 is 0 Å². The van der Waals surface area contributed by atoms with Gasteiger partial charge in [0.15, 0.2) is 0 Å². The lowest BCUT2D eigenvalue weighted by molar-refractivity contribution is 0.0687. The smallest absolute Gasteiger partial charge is 0.254 e. The van der Waals surface area contributed by atoms with Gasteiger partial charge in [0, 0.05) is 24.7 Å². The van der Waals surface area contributed by atoms with Crippen molar-refractivity contribution in [2.75, 3.05) is 13.1 Å². The van der Waals surface area contributed by atoms with Gasteiger partial charge in [0.05, 0.1) is 0 Å². The van der Waals surface area contributed by atoms with E-state index in [4.69, 9.17) is 5.73 Å². The molecule has 1 aromatic rings. The second-order valence-corrected chi connectivity index (χ2v) is 5.23. The van der Waals surface area contributed by atoms with Crippen molar-refractivity contribution >= 4 is 5.91 Å². The van der Waals surface area contributed by atoms with Crippen molar-refractivity contribution in [2.45, 2.75) is 38.6 Å². The van der Waals surface area contributed by atoms with Crippen LogP contribution < -0.4 is 5.73 Å². The van der Waals surface area contributed by atoms with Crippen LogP contribution in [0.2, 0.25) is 0 Å². The van der Waals surface area contributed by atoms with Gasteiger partial charge in [-0.3, -0.25) is 4.79 Å². The molecule has 104 valence electrons. The van der Waals surface area contributed by atoms with E-state index in [1.165, 1.54) is 12.8 Å². The van der Waals surface area contributed by atoms with Crippen molar-refractivity contribution in [3.63, 3.8) is 0 Å². The van der Waals surface area contributed by atoms with Crippen LogP contribution in [0.25, 0.3) is 0 Å². The van der Waals surface area contributed by atoms with E-state index in [0.29, 0.717) is 24.7 Å². The predicted octanol–water partition coefficient (Wildman–Crippen LogP) is 2.04. The quantitative estimate of drug-likeness (QED) is 0.872. The number of aromatic hydroxyl groups is 1. The van der Waals surface area contributed by atoms with E-state index in [-0.39, 0.29) is 11.7 Å². The number of carbonyl (C=O) groups is 1. The summed E-state index contributed by atoms with van der Waals surface area (Å²) in [4.78, 5) is 14.4. The largest absolute Gasteiger partial charge is 0.508 e. The Morgan fingerprint density at radius 2 is 2.11 bits per heavy atom. The van der Waals surface area contributed by atoms with Crippen molar-refractivity contribution in [1.82, 2.24) is 4.90 Å². The van der Waals surface area contributed by atoms with Crippen molar-refractivity contribution in [2.24, 2.45) is 5.73 Å². The number of hydrogen-bond acceptors (Lipinski definition) is 3. The first-order valence-corrected chi connectivity index (χ1v) is 6.94. The molecule has 1 saturated carbocycles. The summed E-state index contributed by atoms with van der Waals surface area (Å²) in [5.41, 5.74) is 6.95. The lowest BCUT2D eigenvalue weighted by Gasteiger charge is -2.28. The molecule has 1 fully saturated rings. The summed E-state index contributed by atoms with van der Waals surface area (Å²) < 4.78 is 0. The topological polar surface area (TPSA) is 66.6 Å². The fourth-order valence-electron chi connectivity index (χ4n) is 2.71. The molecule has 0 unspecified atom stereocenters. The van der Waals surface area contributed by atoms with Gasteiger partial charge < -0.3 is 15.7 Å². The van der Waals surface area contributed by atoms with Gasteiger partial charge in [0.2, 0.25) is 0 Å². The van der Waals surface area contributed by atoms with Crippen molar-refractivity contribution in [3.8, 4) is 5.75 Å². The number of rotatable bonds is 4. The molecular weight excluding hydrogens is 240 g/mol. The van der Waals surface area contributed by atoms with Gasteiger partial charge in [0.1, 0.15) is 5.75 Å². The minimum atomic E-state index is -0.0207. The minimum absolute atomic E-state index is 0.0207. The van der Waals surface area contributed by atoms with Crippen molar-refractivity contribution < 1.29 is 9.90 Å². The van der Waals surface area contributed by atoms with Gasteiger partial charge in [-0.25, -0.2) is 0 Å². The Hall–Kier alpha value is -1.55. The van der Waals surface area contributed by atoms with Crippen LogP contribution in [0.15, 0.2) is 18.2 Å². The number of hydrogen-bond donors (Lipinski definition) is 2. The highest BCUT2D eigenvalue weighted by atomic mass is 16.3. The molecule has 2 rings (SSSR count). The molecule has 19 heavy (non-hydrogen) atoms. The maximum Gasteiger partial charge on any atom is 0.254 e. The molecule has 0 spiro atoms. The van der Waals surface area contributed by atoms with Gasteiger partial charge in [0.25, 0.3) is 5.91 Å². The Balaban J connectivity index is 2.20. The molecule has 0 radical (unpaired) electrons. The highest BCUT2D eigenvalue weighted by Gasteiger charge is 2.27. The number of aryl methyl sites for hydroxylation is 1. The van der Waals surface area contributed by atoms with Gasteiger partial charge >= 0.3 is 0 Å². The molecule has 0 heterocycles. The Labute approximate surface area is 114 Å². The normalized spacial score (nSPS) is 15.7. The molecule has 1 amide bonds. The number of nitrogens with two attached hydrogens (primary N) is 1. The molecule has 0 atom stereocenters. The van der Waals surface area contributed by atoms with E-state index in [1.54, 1.807) is 18.2 Å². The van der Waals surface area contributed by atoms with E-state index in [2.05, 4.69) is 0 Å². The number of amides is 1. The zero-order valence-electron chi connectivity index (χ0n) is 11.4. The summed E-state index contributed by atoms with van der Waals surface area (Å²) in [5, 5.41) is 9.73. The Kier molecular flexibility index (Phi) is 4.43. The second-order valence-electron chi connectivity index (χ2n) is 5.23. The highest BCUT2D eigenvalue weighted by molar-refractivity contribution is 5.95. The van der Waals surface area contributed by atoms with Gasteiger partial charge in [-0.15, -0.1) is 0 Å². The monoisotopic (exact) mass is 262 g/mol. The zero-order chi connectivity index (χ0) is 13.8. The first kappa shape index (κ1) is 13.9. The van der Waals surface area contributed by atoms with Gasteiger partial charge in [-0.05, 0) is 37.5 Å². The number of benzene rings is 1. The summed E-state index contributed by atoms with van der Waals surface area (Å²) >= 11 is 0. The van der Waals surface area contributed by atoms with Gasteiger partial charge in [-0.2, -0.15) is 0 Å². The maximum atomic E-state index is 12.5. The van der Waals surface area contributed by atoms with Gasteiger partial charge in [-0.1, -0.05) is 18.9 Å². The van der Waals surface area contributed by atoms with Crippen LogP contribution in [0.1, 0.15) is 41.6 Å². The molecule has 1 aliphatic rings. The Bertz CT molecular complexity index is 453. The zero-order valence-corrected chi connectivity index (χ0v) is 11.4.